The van der Waals surface area contributed by atoms with Gasteiger partial charge in [-0.3, -0.25) is 19.2 Å². The van der Waals surface area contributed by atoms with Crippen molar-refractivity contribution in [3.8, 4) is 5.75 Å². The molecule has 4 amide bonds. The Hall–Kier alpha value is -4.18. The van der Waals surface area contributed by atoms with Crippen molar-refractivity contribution in [2.45, 2.75) is 88.0 Å². The molecule has 0 bridgehead atoms. The number of aliphatic carboxylic acids is 1. The minimum Gasteiger partial charge on any atom is -0.508 e. The molecule has 12 N–H and O–H groups in total. The Kier molecular flexibility index (Phi) is 19.5. The van der Waals surface area contributed by atoms with E-state index in [9.17, 15) is 34.2 Å². The number of aromatic hydroxyl groups is 1. The van der Waals surface area contributed by atoms with E-state index < -0.39 is 59.8 Å². The Bertz CT molecular complexity index is 1350. The molecule has 15 heteroatoms. The third-order valence-corrected chi connectivity index (χ3v) is 8.67. The molecule has 50 heavy (non-hydrogen) atoms. The standard InChI is InChI=1S/C35H53N7O7S/c1-50-20-17-29(34(47)42-30(35(48)49)22-24-13-15-25(43)16-14-24)41-33(46)28(12-6-8-19-37)40-32(45)27(11-5-7-18-36)39-31(44)26(38)21-23-9-3-2-4-10-23/h2-4,9-10,13-16,26-30,43H,5-8,11-12,17-22,36-38H2,1H3,(H,39,44)(H,40,45)(H,41,46)(H,42,47)(H,48,49)/t26-,27-,28-,29-,30-/m0/s1. The smallest absolute Gasteiger partial charge is 0.326 e. The van der Waals surface area contributed by atoms with Gasteiger partial charge in [-0.05, 0) is 99.7 Å². The van der Waals surface area contributed by atoms with Crippen molar-refractivity contribution in [3.05, 3.63) is 65.7 Å². The van der Waals surface area contributed by atoms with Crippen LogP contribution in [0.15, 0.2) is 54.6 Å². The maximum atomic E-state index is 13.7. The zero-order valence-electron chi connectivity index (χ0n) is 28.6. The van der Waals surface area contributed by atoms with Gasteiger partial charge in [0.05, 0.1) is 6.04 Å². The molecule has 0 saturated carbocycles. The highest BCUT2D eigenvalue weighted by Crippen LogP contribution is 2.13. The number of benzene rings is 2. The second-order valence-electron chi connectivity index (χ2n) is 12.1. The molecule has 0 radical (unpaired) electrons. The summed E-state index contributed by atoms with van der Waals surface area (Å²) in [5, 5.41) is 30.1. The van der Waals surface area contributed by atoms with Gasteiger partial charge in [-0.15, -0.1) is 0 Å². The number of phenolic OH excluding ortho intramolecular Hbond substituents is 1. The summed E-state index contributed by atoms with van der Waals surface area (Å²) in [6.45, 7) is 0.771. The Morgan fingerprint density at radius 2 is 1.10 bits per heavy atom. The van der Waals surface area contributed by atoms with Crippen LogP contribution in [0.4, 0.5) is 0 Å². The average molecular weight is 716 g/mol. The normalized spacial score (nSPS) is 14.0. The van der Waals surface area contributed by atoms with E-state index in [4.69, 9.17) is 17.2 Å². The van der Waals surface area contributed by atoms with E-state index in [2.05, 4.69) is 21.3 Å². The minimum absolute atomic E-state index is 0.0218. The number of nitrogens with two attached hydrogens (primary N) is 3. The van der Waals surface area contributed by atoms with Gasteiger partial charge < -0.3 is 48.7 Å². The van der Waals surface area contributed by atoms with Gasteiger partial charge in [-0.25, -0.2) is 4.79 Å². The Balaban J connectivity index is 2.20. The van der Waals surface area contributed by atoms with E-state index >= 15 is 0 Å². The number of hydrogen-bond donors (Lipinski definition) is 9. The van der Waals surface area contributed by atoms with Gasteiger partial charge >= 0.3 is 5.97 Å². The van der Waals surface area contributed by atoms with Crippen LogP contribution >= 0.6 is 11.8 Å². The lowest BCUT2D eigenvalue weighted by Crippen LogP contribution is -2.58. The quantitative estimate of drug-likeness (QED) is 0.0679. The van der Waals surface area contributed by atoms with Crippen LogP contribution in [0.5, 0.6) is 5.75 Å². The lowest BCUT2D eigenvalue weighted by atomic mass is 10.0. The predicted octanol–water partition coefficient (Wildman–Crippen LogP) is 0.540. The highest BCUT2D eigenvalue weighted by molar-refractivity contribution is 7.98. The molecule has 0 aromatic heterocycles. The van der Waals surface area contributed by atoms with Crippen LogP contribution in [0.1, 0.15) is 56.1 Å². The van der Waals surface area contributed by atoms with Crippen molar-refractivity contribution in [1.29, 1.82) is 0 Å². The zero-order valence-corrected chi connectivity index (χ0v) is 29.5. The number of unbranched alkanes of at least 4 members (excludes halogenated alkanes) is 2. The van der Waals surface area contributed by atoms with Crippen LogP contribution in [0, 0.1) is 0 Å². The summed E-state index contributed by atoms with van der Waals surface area (Å²) in [7, 11) is 0. The first kappa shape index (κ1) is 42.0. The maximum absolute atomic E-state index is 13.7. The van der Waals surface area contributed by atoms with Crippen molar-refractivity contribution < 1.29 is 34.2 Å². The number of nitrogens with one attached hydrogen (secondary N) is 4. The number of rotatable bonds is 24. The Morgan fingerprint density at radius 3 is 1.58 bits per heavy atom. The van der Waals surface area contributed by atoms with Gasteiger partial charge in [0.2, 0.25) is 23.6 Å². The first-order valence-electron chi connectivity index (χ1n) is 16.9. The van der Waals surface area contributed by atoms with Gasteiger partial charge in [-0.1, -0.05) is 42.5 Å². The van der Waals surface area contributed by atoms with Crippen LogP contribution < -0.4 is 38.5 Å². The summed E-state index contributed by atoms with van der Waals surface area (Å²) in [6, 6.07) is 9.84. The molecular formula is C35H53N7O7S. The second-order valence-corrected chi connectivity index (χ2v) is 13.1. The lowest BCUT2D eigenvalue weighted by molar-refractivity contribution is -0.142. The molecule has 0 aliphatic heterocycles. The van der Waals surface area contributed by atoms with Gasteiger partial charge in [-0.2, -0.15) is 11.8 Å². The van der Waals surface area contributed by atoms with Crippen LogP contribution in [0.3, 0.4) is 0 Å². The molecule has 0 aliphatic carbocycles. The number of carboxylic acids is 1. The third kappa shape index (κ3) is 15.6. The topological polar surface area (TPSA) is 252 Å². The summed E-state index contributed by atoms with van der Waals surface area (Å²) in [4.78, 5) is 65.9. The van der Waals surface area contributed by atoms with E-state index in [1.807, 2.05) is 36.6 Å². The summed E-state index contributed by atoms with van der Waals surface area (Å²) in [6.07, 6.45) is 4.97. The Labute approximate surface area is 298 Å². The van der Waals surface area contributed by atoms with Crippen molar-refractivity contribution in [1.82, 2.24) is 21.3 Å². The lowest BCUT2D eigenvalue weighted by Gasteiger charge is -2.26. The molecule has 2 aromatic carbocycles. The monoisotopic (exact) mass is 715 g/mol. The molecular weight excluding hydrogens is 662 g/mol. The number of amides is 4. The van der Waals surface area contributed by atoms with Gasteiger partial charge in [0, 0.05) is 6.42 Å². The van der Waals surface area contributed by atoms with E-state index in [-0.39, 0.29) is 37.9 Å². The molecule has 0 fully saturated rings. The number of thioether (sulfide) groups is 1. The number of phenols is 1. The van der Waals surface area contributed by atoms with Crippen molar-refractivity contribution >= 4 is 41.4 Å². The third-order valence-electron chi connectivity index (χ3n) is 8.03. The molecule has 2 aromatic rings. The van der Waals surface area contributed by atoms with Crippen molar-refractivity contribution in [3.63, 3.8) is 0 Å². The SMILES string of the molecule is CSCC[C@H](NC(=O)[C@H](CCCCN)NC(=O)[C@H](CCCCN)NC(=O)[C@@H](N)Cc1ccccc1)C(=O)N[C@@H](Cc1ccc(O)cc1)C(=O)O. The van der Waals surface area contributed by atoms with Crippen LogP contribution in [-0.4, -0.2) is 95.1 Å². The first-order chi connectivity index (χ1) is 24.0. The van der Waals surface area contributed by atoms with E-state index in [0.29, 0.717) is 50.1 Å². The van der Waals surface area contributed by atoms with Crippen LogP contribution in [-0.2, 0) is 36.8 Å². The molecule has 14 nitrogen and oxygen atoms in total. The summed E-state index contributed by atoms with van der Waals surface area (Å²) < 4.78 is 0. The van der Waals surface area contributed by atoms with Crippen LogP contribution in [0.25, 0.3) is 0 Å². The maximum Gasteiger partial charge on any atom is 0.326 e. The Morgan fingerprint density at radius 1 is 0.640 bits per heavy atom. The number of carbonyl (C=O) groups is 5. The highest BCUT2D eigenvalue weighted by atomic mass is 32.2. The fourth-order valence-corrected chi connectivity index (χ4v) is 5.62. The highest BCUT2D eigenvalue weighted by Gasteiger charge is 2.31. The van der Waals surface area contributed by atoms with E-state index in [1.54, 1.807) is 12.1 Å². The second kappa shape index (κ2) is 23.3. The number of carboxylic acid groups (broad SMARTS) is 1. The molecule has 0 saturated heterocycles. The van der Waals surface area contributed by atoms with E-state index in [1.165, 1.54) is 23.9 Å². The van der Waals surface area contributed by atoms with Gasteiger partial charge in [0.1, 0.15) is 29.9 Å². The number of carbonyl (C=O) groups excluding carboxylic acids is 4. The first-order valence-corrected chi connectivity index (χ1v) is 18.3. The molecule has 0 aliphatic rings. The fraction of sp³-hybridized carbons (Fsp3) is 0.514. The van der Waals surface area contributed by atoms with E-state index in [0.717, 1.165) is 5.56 Å². The minimum atomic E-state index is -1.30. The average Bonchev–Trinajstić information content (AvgIpc) is 3.09. The van der Waals surface area contributed by atoms with Gasteiger partial charge in [0.25, 0.3) is 0 Å². The van der Waals surface area contributed by atoms with Crippen LogP contribution in [0.2, 0.25) is 0 Å². The number of hydrogen-bond acceptors (Lipinski definition) is 10. The van der Waals surface area contributed by atoms with Gasteiger partial charge in [0.15, 0.2) is 0 Å². The molecule has 0 spiro atoms. The molecule has 0 heterocycles. The fourth-order valence-electron chi connectivity index (χ4n) is 5.15. The molecule has 0 unspecified atom stereocenters. The molecule has 276 valence electrons. The van der Waals surface area contributed by atoms with Crippen molar-refractivity contribution in [2.24, 2.45) is 17.2 Å². The summed E-state index contributed by atoms with van der Waals surface area (Å²) in [5.41, 5.74) is 19.0. The largest absolute Gasteiger partial charge is 0.508 e. The zero-order chi connectivity index (χ0) is 36.9. The summed E-state index contributed by atoms with van der Waals surface area (Å²) in [5.74, 6) is -3.18. The molecule has 2 rings (SSSR count). The molecule has 5 atom stereocenters. The summed E-state index contributed by atoms with van der Waals surface area (Å²) >= 11 is 1.45. The predicted molar refractivity (Wildman–Crippen MR) is 194 cm³/mol. The van der Waals surface area contributed by atoms with Crippen molar-refractivity contribution in [2.75, 3.05) is 25.1 Å².